The van der Waals surface area contributed by atoms with Crippen molar-refractivity contribution in [1.82, 2.24) is 4.98 Å². The van der Waals surface area contributed by atoms with Crippen LogP contribution in [0.1, 0.15) is 49.8 Å². The largest absolute Gasteiger partial charge is 0.482 e. The molecular weight excluding hydrogens is 363 g/mol. The Morgan fingerprint density at radius 3 is 2.45 bits per heavy atom. The van der Waals surface area contributed by atoms with Gasteiger partial charge in [0.25, 0.3) is 0 Å². The summed E-state index contributed by atoms with van der Waals surface area (Å²) in [6.45, 7) is 4.15. The minimum absolute atomic E-state index is 0.178. The smallest absolute Gasteiger partial charge is 0.130 e. The lowest BCUT2D eigenvalue weighted by molar-refractivity contribution is 0.105. The summed E-state index contributed by atoms with van der Waals surface area (Å²) in [6.07, 6.45) is 8.91. The molecule has 3 nitrogen and oxygen atoms in total. The molecule has 1 aromatic heterocycles. The second-order valence-electron chi connectivity index (χ2n) is 8.28. The van der Waals surface area contributed by atoms with E-state index in [1.165, 1.54) is 23.3 Å². The van der Waals surface area contributed by atoms with Gasteiger partial charge in [-0.1, -0.05) is 18.6 Å². The second-order valence-corrected chi connectivity index (χ2v) is 8.28. The quantitative estimate of drug-likeness (QED) is 0.411. The van der Waals surface area contributed by atoms with Crippen LogP contribution in [0, 0.1) is 5.82 Å². The van der Waals surface area contributed by atoms with Gasteiger partial charge in [0.15, 0.2) is 0 Å². The highest BCUT2D eigenvalue weighted by Crippen LogP contribution is 2.47. The van der Waals surface area contributed by atoms with Gasteiger partial charge in [0.2, 0.25) is 0 Å². The van der Waals surface area contributed by atoms with Crippen molar-refractivity contribution in [2.24, 2.45) is 0 Å². The number of unbranched alkanes of at least 4 members (excludes halogenated alkanes) is 2. The number of fused-ring (bicyclic) bond motifs is 3. The maximum absolute atomic E-state index is 13.0. The normalized spacial score (nSPS) is 14.0. The Hall–Kier alpha value is -2.88. The molecule has 0 radical (unpaired) electrons. The Morgan fingerprint density at radius 2 is 1.69 bits per heavy atom. The average Bonchev–Trinajstić information content (AvgIpc) is 2.68. The number of benzene rings is 2. The van der Waals surface area contributed by atoms with Crippen LogP contribution in [0.15, 0.2) is 54.9 Å². The Morgan fingerprint density at radius 1 is 0.966 bits per heavy atom. The minimum atomic E-state index is -0.411. The van der Waals surface area contributed by atoms with Crippen LogP contribution in [0.4, 0.5) is 10.1 Å². The van der Waals surface area contributed by atoms with Gasteiger partial charge in [0, 0.05) is 34.8 Å². The number of ether oxygens (including phenoxy) is 1. The first-order chi connectivity index (χ1) is 13.9. The first-order valence-electron chi connectivity index (χ1n) is 10.2. The summed E-state index contributed by atoms with van der Waals surface area (Å²) in [5.41, 5.74) is 12.3. The highest BCUT2D eigenvalue weighted by molar-refractivity contribution is 5.86. The van der Waals surface area contributed by atoms with Gasteiger partial charge >= 0.3 is 0 Å². The van der Waals surface area contributed by atoms with Gasteiger partial charge in [-0.15, -0.1) is 0 Å². The molecule has 0 saturated carbocycles. The van der Waals surface area contributed by atoms with Crippen molar-refractivity contribution in [3.8, 4) is 16.9 Å². The van der Waals surface area contributed by atoms with E-state index in [0.717, 1.165) is 60.2 Å². The van der Waals surface area contributed by atoms with Gasteiger partial charge in [-0.05, 0) is 81.0 Å². The van der Waals surface area contributed by atoms with Gasteiger partial charge < -0.3 is 10.5 Å². The summed E-state index contributed by atoms with van der Waals surface area (Å²) in [5, 5.41) is 0. The Labute approximate surface area is 171 Å². The van der Waals surface area contributed by atoms with Crippen molar-refractivity contribution in [1.29, 1.82) is 0 Å². The molecule has 2 N–H and O–H groups in total. The van der Waals surface area contributed by atoms with Crippen LogP contribution < -0.4 is 10.5 Å². The number of hydrogen-bond acceptors (Lipinski definition) is 3. The van der Waals surface area contributed by atoms with Crippen molar-refractivity contribution in [3.05, 3.63) is 77.4 Å². The molecule has 0 spiro atoms. The lowest BCUT2D eigenvalue weighted by Gasteiger charge is -2.35. The van der Waals surface area contributed by atoms with E-state index in [9.17, 15) is 4.39 Å². The molecule has 0 aliphatic carbocycles. The fraction of sp³-hybridized carbons (Fsp3) is 0.320. The maximum Gasteiger partial charge on any atom is 0.130 e. The predicted octanol–water partition coefficient (Wildman–Crippen LogP) is 6.05. The molecule has 4 heteroatoms. The van der Waals surface area contributed by atoms with Gasteiger partial charge in [-0.2, -0.15) is 0 Å². The monoisotopic (exact) mass is 390 g/mol. The molecule has 0 saturated heterocycles. The zero-order valence-electron chi connectivity index (χ0n) is 17.0. The Bertz CT molecular complexity index is 1010. The van der Waals surface area contributed by atoms with Crippen molar-refractivity contribution in [3.63, 3.8) is 0 Å². The number of nitrogens with zero attached hydrogens (tertiary/aromatic N) is 1. The molecule has 4 rings (SSSR count). The van der Waals surface area contributed by atoms with E-state index in [1.807, 2.05) is 24.4 Å². The summed E-state index contributed by atoms with van der Waals surface area (Å²) < 4.78 is 19.3. The van der Waals surface area contributed by atoms with Crippen LogP contribution >= 0.6 is 0 Å². The van der Waals surface area contributed by atoms with Crippen LogP contribution in [0.3, 0.4) is 0 Å². The summed E-state index contributed by atoms with van der Waals surface area (Å²) in [5.74, 6) is 0.666. The first kappa shape index (κ1) is 19.4. The fourth-order valence-electron chi connectivity index (χ4n) is 4.14. The third kappa shape index (κ3) is 4.12. The number of anilines is 1. The van der Waals surface area contributed by atoms with Crippen molar-refractivity contribution in [2.75, 3.05) is 5.73 Å². The summed E-state index contributed by atoms with van der Waals surface area (Å²) in [4.78, 5) is 4.29. The van der Waals surface area contributed by atoms with E-state index in [1.54, 1.807) is 6.20 Å². The molecule has 0 bridgehead atoms. The van der Waals surface area contributed by atoms with Crippen molar-refractivity contribution in [2.45, 2.75) is 51.6 Å². The minimum Gasteiger partial charge on any atom is -0.482 e. The summed E-state index contributed by atoms with van der Waals surface area (Å²) in [7, 11) is 0. The van der Waals surface area contributed by atoms with Crippen LogP contribution in [0.25, 0.3) is 11.1 Å². The summed E-state index contributed by atoms with van der Waals surface area (Å²) >= 11 is 0. The average molecular weight is 391 g/mol. The highest BCUT2D eigenvalue weighted by Gasteiger charge is 2.33. The van der Waals surface area contributed by atoms with Crippen molar-refractivity contribution < 1.29 is 9.13 Å². The van der Waals surface area contributed by atoms with E-state index in [0.29, 0.717) is 0 Å². The molecule has 0 atom stereocenters. The molecule has 1 aliphatic heterocycles. The molecule has 29 heavy (non-hydrogen) atoms. The zero-order valence-corrected chi connectivity index (χ0v) is 17.0. The fourth-order valence-corrected chi connectivity index (χ4v) is 4.14. The second kappa shape index (κ2) is 7.86. The van der Waals surface area contributed by atoms with Gasteiger partial charge in [0.05, 0.1) is 0 Å². The van der Waals surface area contributed by atoms with E-state index in [2.05, 4.69) is 31.0 Å². The van der Waals surface area contributed by atoms with E-state index in [4.69, 9.17) is 10.5 Å². The Balaban J connectivity index is 1.42. The highest BCUT2D eigenvalue weighted by atomic mass is 19.1. The Kier molecular flexibility index (Phi) is 5.27. The van der Waals surface area contributed by atoms with E-state index in [-0.39, 0.29) is 5.82 Å². The SMILES string of the molecule is CC1(C)Oc2cc(CCCCCc3ccc(F)cc3)cc(N)c2-c2cnccc21. The topological polar surface area (TPSA) is 48.1 Å². The third-order valence-electron chi connectivity index (χ3n) is 5.64. The molecule has 150 valence electrons. The number of rotatable bonds is 6. The third-order valence-corrected chi connectivity index (χ3v) is 5.64. The standard InChI is InChI=1S/C25H27FN2O/c1-25(2)21-12-13-28-16-20(21)24-22(27)14-18(15-23(24)29-25)7-5-3-4-6-17-8-10-19(26)11-9-17/h8-16H,3-7,27H2,1-2H3. The zero-order chi connectivity index (χ0) is 20.4. The number of hydrogen-bond donors (Lipinski definition) is 1. The first-order valence-corrected chi connectivity index (χ1v) is 10.2. The van der Waals surface area contributed by atoms with E-state index >= 15 is 0 Å². The van der Waals surface area contributed by atoms with Gasteiger partial charge in [-0.25, -0.2) is 4.39 Å². The summed E-state index contributed by atoms with van der Waals surface area (Å²) in [6, 6.07) is 13.0. The van der Waals surface area contributed by atoms with Gasteiger partial charge in [-0.3, -0.25) is 4.98 Å². The molecule has 2 aromatic carbocycles. The van der Waals surface area contributed by atoms with E-state index < -0.39 is 5.60 Å². The maximum atomic E-state index is 13.0. The molecule has 0 amide bonds. The van der Waals surface area contributed by atoms with Crippen LogP contribution in [-0.2, 0) is 18.4 Å². The van der Waals surface area contributed by atoms with Crippen LogP contribution in [-0.4, -0.2) is 4.98 Å². The molecule has 0 unspecified atom stereocenters. The number of pyridine rings is 1. The number of halogens is 1. The molecule has 1 aliphatic rings. The van der Waals surface area contributed by atoms with Gasteiger partial charge in [0.1, 0.15) is 17.2 Å². The molecule has 3 aromatic rings. The lowest BCUT2D eigenvalue weighted by atomic mass is 9.86. The van der Waals surface area contributed by atoms with Crippen LogP contribution in [0.5, 0.6) is 5.75 Å². The molecule has 2 heterocycles. The predicted molar refractivity (Wildman–Crippen MR) is 115 cm³/mol. The lowest BCUT2D eigenvalue weighted by Crippen LogP contribution is -2.29. The van der Waals surface area contributed by atoms with Crippen molar-refractivity contribution >= 4 is 5.69 Å². The molecule has 0 fully saturated rings. The number of nitrogens with two attached hydrogens (primary N) is 1. The number of aryl methyl sites for hydroxylation is 2. The van der Waals surface area contributed by atoms with Crippen LogP contribution in [0.2, 0.25) is 0 Å². The number of nitrogen functional groups attached to an aromatic ring is 1. The molecular formula is C25H27FN2O. The number of aromatic nitrogens is 1.